The summed E-state index contributed by atoms with van der Waals surface area (Å²) < 4.78 is 1.79. The van der Waals surface area contributed by atoms with Crippen LogP contribution in [0.2, 0.25) is 5.15 Å². The highest BCUT2D eigenvalue weighted by Gasteiger charge is 2.16. The average molecular weight is 281 g/mol. The minimum absolute atomic E-state index is 0.134. The molecule has 1 N–H and O–H groups in total. The molecule has 0 aliphatic carbocycles. The van der Waals surface area contributed by atoms with E-state index in [-0.39, 0.29) is 16.8 Å². The summed E-state index contributed by atoms with van der Waals surface area (Å²) >= 11 is 5.92. The first-order valence-electron chi connectivity index (χ1n) is 5.62. The lowest BCUT2D eigenvalue weighted by atomic mass is 10.2. The molecule has 1 unspecified atom stereocenters. The molecule has 0 bridgehead atoms. The van der Waals surface area contributed by atoms with E-state index >= 15 is 0 Å². The van der Waals surface area contributed by atoms with Crippen molar-refractivity contribution in [3.05, 3.63) is 28.7 Å². The van der Waals surface area contributed by atoms with Crippen molar-refractivity contribution in [2.45, 2.75) is 19.9 Å². The van der Waals surface area contributed by atoms with Crippen LogP contribution < -0.4 is 5.32 Å². The van der Waals surface area contributed by atoms with Crippen LogP contribution in [-0.4, -0.2) is 31.0 Å². The summed E-state index contributed by atoms with van der Waals surface area (Å²) in [5.74, 6) is 1.61. The van der Waals surface area contributed by atoms with Gasteiger partial charge in [0.2, 0.25) is 0 Å². The molecule has 8 heteroatoms. The van der Waals surface area contributed by atoms with E-state index in [0.29, 0.717) is 17.9 Å². The number of carbonyl (C=O) groups is 1. The van der Waals surface area contributed by atoms with Gasteiger partial charge in [-0.05, 0) is 13.8 Å². The fourth-order valence-corrected chi connectivity index (χ4v) is 1.97. The van der Waals surface area contributed by atoms with Gasteiger partial charge >= 0.3 is 0 Å². The van der Waals surface area contributed by atoms with Crippen LogP contribution in [0.3, 0.4) is 0 Å². The molecule has 7 nitrogen and oxygen atoms in total. The van der Waals surface area contributed by atoms with E-state index in [9.17, 15) is 4.79 Å². The summed E-state index contributed by atoms with van der Waals surface area (Å²) in [7, 11) is 1.84. The number of hydrogen-bond acceptors (Lipinski definition) is 6. The highest BCUT2D eigenvalue weighted by atomic mass is 35.5. The Labute approximate surface area is 115 Å². The summed E-state index contributed by atoms with van der Waals surface area (Å²) in [6, 6.07) is -0.170. The van der Waals surface area contributed by atoms with Gasteiger partial charge in [0.15, 0.2) is 12.1 Å². The number of nitrogens with zero attached hydrogens (tertiary/aromatic N) is 5. The van der Waals surface area contributed by atoms with Gasteiger partial charge in [0.05, 0.1) is 11.6 Å². The van der Waals surface area contributed by atoms with E-state index in [0.717, 1.165) is 5.82 Å². The average Bonchev–Trinajstić information content (AvgIpc) is 2.75. The molecule has 0 fully saturated rings. The fourth-order valence-electron chi connectivity index (χ4n) is 1.72. The number of anilines is 1. The van der Waals surface area contributed by atoms with Crippen LogP contribution in [0.5, 0.6) is 0 Å². The number of aldehydes is 1. The van der Waals surface area contributed by atoms with Crippen LogP contribution in [0.1, 0.15) is 35.0 Å². The summed E-state index contributed by atoms with van der Waals surface area (Å²) in [5.41, 5.74) is 0.237. The molecule has 0 amide bonds. The Balaban J connectivity index is 2.33. The lowest BCUT2D eigenvalue weighted by Crippen LogP contribution is -2.15. The van der Waals surface area contributed by atoms with Gasteiger partial charge in [-0.15, -0.1) is 10.2 Å². The van der Waals surface area contributed by atoms with Crippen molar-refractivity contribution >= 4 is 23.7 Å². The smallest absolute Gasteiger partial charge is 0.156 e. The third-order valence-electron chi connectivity index (χ3n) is 2.62. The fraction of sp³-hybridized carbons (Fsp3) is 0.364. The number of aryl methyl sites for hydroxylation is 2. The maximum absolute atomic E-state index is 11.1. The van der Waals surface area contributed by atoms with Crippen LogP contribution >= 0.6 is 11.6 Å². The van der Waals surface area contributed by atoms with Crippen molar-refractivity contribution in [3.63, 3.8) is 0 Å². The molecule has 0 spiro atoms. The number of hydrogen-bond donors (Lipinski definition) is 1. The van der Waals surface area contributed by atoms with Gasteiger partial charge in [-0.3, -0.25) is 4.79 Å². The number of aromatic nitrogens is 5. The molecule has 0 radical (unpaired) electrons. The van der Waals surface area contributed by atoms with E-state index in [2.05, 4.69) is 25.5 Å². The number of nitrogens with one attached hydrogen (secondary N) is 1. The quantitative estimate of drug-likeness (QED) is 0.675. The van der Waals surface area contributed by atoms with Gasteiger partial charge in [-0.1, -0.05) is 11.6 Å². The third-order valence-corrected chi connectivity index (χ3v) is 2.90. The lowest BCUT2D eigenvalue weighted by Gasteiger charge is -2.15. The van der Waals surface area contributed by atoms with Crippen molar-refractivity contribution in [3.8, 4) is 0 Å². The Hall–Kier alpha value is -2.02. The first kappa shape index (κ1) is 13.4. The molecule has 19 heavy (non-hydrogen) atoms. The Bertz CT molecular complexity index is 611. The summed E-state index contributed by atoms with van der Waals surface area (Å²) in [5, 5.41) is 11.0. The lowest BCUT2D eigenvalue weighted by molar-refractivity contribution is 0.112. The molecule has 2 rings (SSSR count). The molecule has 0 aliphatic heterocycles. The Kier molecular flexibility index (Phi) is 3.75. The van der Waals surface area contributed by atoms with E-state index in [1.54, 1.807) is 17.8 Å². The van der Waals surface area contributed by atoms with Crippen molar-refractivity contribution in [1.82, 2.24) is 24.7 Å². The molecule has 0 saturated heterocycles. The monoisotopic (exact) mass is 280 g/mol. The van der Waals surface area contributed by atoms with Gasteiger partial charge in [-0.2, -0.15) is 0 Å². The Morgan fingerprint density at radius 1 is 1.47 bits per heavy atom. The molecule has 0 saturated carbocycles. The number of carbonyl (C=O) groups excluding carboxylic acids is 1. The molecule has 1 atom stereocenters. The minimum atomic E-state index is -0.170. The Morgan fingerprint density at radius 2 is 2.21 bits per heavy atom. The van der Waals surface area contributed by atoms with Crippen LogP contribution in [0.15, 0.2) is 6.33 Å². The molecular weight excluding hydrogens is 268 g/mol. The van der Waals surface area contributed by atoms with Crippen molar-refractivity contribution < 1.29 is 4.79 Å². The predicted molar refractivity (Wildman–Crippen MR) is 70.2 cm³/mol. The minimum Gasteiger partial charge on any atom is -0.360 e. The second-order valence-corrected chi connectivity index (χ2v) is 4.47. The molecule has 0 aliphatic rings. The first-order valence-corrected chi connectivity index (χ1v) is 6.00. The largest absolute Gasteiger partial charge is 0.360 e. The van der Waals surface area contributed by atoms with Crippen LogP contribution in [0.4, 0.5) is 5.82 Å². The van der Waals surface area contributed by atoms with Gasteiger partial charge in [0, 0.05) is 7.05 Å². The summed E-state index contributed by atoms with van der Waals surface area (Å²) in [6.45, 7) is 3.60. The molecular formula is C11H13ClN6O. The zero-order chi connectivity index (χ0) is 14.0. The highest BCUT2D eigenvalue weighted by molar-refractivity contribution is 6.32. The van der Waals surface area contributed by atoms with Crippen molar-refractivity contribution in [1.29, 1.82) is 0 Å². The van der Waals surface area contributed by atoms with Crippen molar-refractivity contribution in [2.24, 2.45) is 7.05 Å². The first-order chi connectivity index (χ1) is 9.02. The second-order valence-electron chi connectivity index (χ2n) is 4.11. The number of rotatable bonds is 4. The maximum Gasteiger partial charge on any atom is 0.156 e. The zero-order valence-electron chi connectivity index (χ0n) is 10.8. The molecule has 2 heterocycles. The van der Waals surface area contributed by atoms with E-state index < -0.39 is 0 Å². The highest BCUT2D eigenvalue weighted by Crippen LogP contribution is 2.22. The Morgan fingerprint density at radius 3 is 2.79 bits per heavy atom. The van der Waals surface area contributed by atoms with Crippen LogP contribution in [0, 0.1) is 6.92 Å². The van der Waals surface area contributed by atoms with Crippen molar-refractivity contribution in [2.75, 3.05) is 5.32 Å². The summed E-state index contributed by atoms with van der Waals surface area (Å²) in [4.78, 5) is 19.2. The molecule has 100 valence electrons. The maximum atomic E-state index is 11.1. The van der Waals surface area contributed by atoms with Gasteiger partial charge < -0.3 is 9.88 Å². The summed E-state index contributed by atoms with van der Waals surface area (Å²) in [6.07, 6.45) is 2.24. The molecule has 2 aromatic heterocycles. The van der Waals surface area contributed by atoms with Gasteiger partial charge in [-0.25, -0.2) is 9.97 Å². The predicted octanol–water partition coefficient (Wildman–Crippen LogP) is 1.55. The normalized spacial score (nSPS) is 12.2. The van der Waals surface area contributed by atoms with E-state index in [1.165, 1.54) is 0 Å². The topological polar surface area (TPSA) is 85.6 Å². The SMILES string of the molecule is Cc1nc(Cl)c(C=O)c(NC(C)c2nncn2C)n1. The third kappa shape index (κ3) is 2.70. The molecule has 2 aromatic rings. The standard InChI is InChI=1S/C11H13ClN6O/c1-6(11-17-13-5-18(11)3)14-10-8(4-19)9(12)15-7(2)16-10/h4-6H,1-3H3,(H,14,15,16). The van der Waals surface area contributed by atoms with Crippen LogP contribution in [0.25, 0.3) is 0 Å². The second kappa shape index (κ2) is 5.31. The molecule has 0 aromatic carbocycles. The zero-order valence-corrected chi connectivity index (χ0v) is 11.5. The van der Waals surface area contributed by atoms with Gasteiger partial charge in [0.25, 0.3) is 0 Å². The van der Waals surface area contributed by atoms with E-state index in [1.807, 2.05) is 14.0 Å². The van der Waals surface area contributed by atoms with Gasteiger partial charge in [0.1, 0.15) is 23.1 Å². The van der Waals surface area contributed by atoms with Crippen LogP contribution in [-0.2, 0) is 7.05 Å². The van der Waals surface area contributed by atoms with E-state index in [4.69, 9.17) is 11.6 Å². The number of halogens is 1.